The number of nitrogens with zero attached hydrogens (tertiary/aromatic N) is 3. The van der Waals surface area contributed by atoms with Gasteiger partial charge in [0.05, 0.1) is 15.6 Å². The van der Waals surface area contributed by atoms with E-state index in [1.807, 2.05) is 12.5 Å². The van der Waals surface area contributed by atoms with Crippen molar-refractivity contribution in [2.45, 2.75) is 29.3 Å². The first-order valence-corrected chi connectivity index (χ1v) is 9.74. The van der Waals surface area contributed by atoms with Gasteiger partial charge in [-0.1, -0.05) is 11.8 Å². The molecule has 0 aliphatic carbocycles. The summed E-state index contributed by atoms with van der Waals surface area (Å²) in [5.74, 6) is 0.506. The summed E-state index contributed by atoms with van der Waals surface area (Å²) in [5.41, 5.74) is 8.17. The summed E-state index contributed by atoms with van der Waals surface area (Å²) in [5, 5.41) is 5.20. The van der Waals surface area contributed by atoms with Gasteiger partial charge in [-0.15, -0.1) is 23.1 Å². The maximum atomic E-state index is 5.84. The molecule has 0 amide bonds. The van der Waals surface area contributed by atoms with E-state index in [1.165, 1.54) is 15.6 Å². The van der Waals surface area contributed by atoms with E-state index in [9.17, 15) is 0 Å². The number of thiophene rings is 1. The second kappa shape index (κ2) is 6.44. The van der Waals surface area contributed by atoms with E-state index in [0.717, 1.165) is 10.7 Å². The Kier molecular flexibility index (Phi) is 4.56. The van der Waals surface area contributed by atoms with Crippen molar-refractivity contribution in [3.63, 3.8) is 0 Å². The van der Waals surface area contributed by atoms with Crippen LogP contribution in [0.15, 0.2) is 33.9 Å². The summed E-state index contributed by atoms with van der Waals surface area (Å²) in [7, 11) is 0. The molecule has 4 nitrogen and oxygen atoms in total. The van der Waals surface area contributed by atoms with Gasteiger partial charge in [-0.3, -0.25) is 4.98 Å². The molecule has 0 saturated carbocycles. The van der Waals surface area contributed by atoms with Crippen LogP contribution in [0.25, 0.3) is 10.1 Å². The molecule has 0 spiro atoms. The van der Waals surface area contributed by atoms with Crippen molar-refractivity contribution in [2.24, 2.45) is 0 Å². The first-order valence-electron chi connectivity index (χ1n) is 6.76. The van der Waals surface area contributed by atoms with Crippen LogP contribution in [0.4, 0.5) is 5.82 Å². The second-order valence-corrected chi connectivity index (χ2v) is 7.95. The molecular formula is C15H16N4S3. The summed E-state index contributed by atoms with van der Waals surface area (Å²) >= 11 is 4.88. The molecule has 3 aromatic rings. The zero-order valence-electron chi connectivity index (χ0n) is 12.5. The highest BCUT2D eigenvalue weighted by Crippen LogP contribution is 2.35. The van der Waals surface area contributed by atoms with E-state index in [2.05, 4.69) is 40.2 Å². The number of hydrogen-bond acceptors (Lipinski definition) is 7. The minimum atomic E-state index is 0.167. The Labute approximate surface area is 142 Å². The third-order valence-electron chi connectivity index (χ3n) is 3.29. The number of nitrogens with two attached hydrogens (primary N) is 1. The van der Waals surface area contributed by atoms with Gasteiger partial charge < -0.3 is 5.73 Å². The van der Waals surface area contributed by atoms with Gasteiger partial charge in [0.2, 0.25) is 0 Å². The molecule has 2 N–H and O–H groups in total. The van der Waals surface area contributed by atoms with Crippen LogP contribution >= 0.6 is 34.9 Å². The molecule has 0 aliphatic heterocycles. The van der Waals surface area contributed by atoms with E-state index < -0.39 is 0 Å². The standard InChI is InChI=1S/C15H16N4S3/c1-8-7-21-12-6-17-11(4-10(8)12)9(2)22-15-18-13(16)5-14(19-15)20-3/h4-7,9H,1-3H3,(H2,16,18,19). The lowest BCUT2D eigenvalue weighted by Gasteiger charge is -2.11. The summed E-state index contributed by atoms with van der Waals surface area (Å²) in [6.07, 6.45) is 3.93. The highest BCUT2D eigenvalue weighted by atomic mass is 32.2. The van der Waals surface area contributed by atoms with E-state index in [1.54, 1.807) is 40.9 Å². The van der Waals surface area contributed by atoms with Crippen LogP contribution in [-0.2, 0) is 0 Å². The molecule has 7 heteroatoms. The van der Waals surface area contributed by atoms with Gasteiger partial charge in [0, 0.05) is 12.3 Å². The summed E-state index contributed by atoms with van der Waals surface area (Å²) in [4.78, 5) is 13.4. The average Bonchev–Trinajstić information content (AvgIpc) is 2.87. The van der Waals surface area contributed by atoms with Crippen molar-refractivity contribution in [1.82, 2.24) is 15.0 Å². The molecule has 114 valence electrons. The number of aryl methyl sites for hydroxylation is 1. The fourth-order valence-corrected chi connectivity index (χ4v) is 4.34. The molecule has 1 atom stereocenters. The Bertz CT molecular complexity index is 816. The third-order valence-corrected chi connectivity index (χ3v) is 5.95. The molecular weight excluding hydrogens is 332 g/mol. The first-order chi connectivity index (χ1) is 10.6. The summed E-state index contributed by atoms with van der Waals surface area (Å²) in [6.45, 7) is 4.25. The van der Waals surface area contributed by atoms with Gasteiger partial charge >= 0.3 is 0 Å². The van der Waals surface area contributed by atoms with Crippen molar-refractivity contribution in [2.75, 3.05) is 12.0 Å². The Morgan fingerprint density at radius 2 is 2.09 bits per heavy atom. The highest BCUT2D eigenvalue weighted by Gasteiger charge is 2.14. The minimum absolute atomic E-state index is 0.167. The zero-order valence-corrected chi connectivity index (χ0v) is 15.0. The molecule has 0 saturated heterocycles. The van der Waals surface area contributed by atoms with Gasteiger partial charge in [0.15, 0.2) is 5.16 Å². The van der Waals surface area contributed by atoms with Gasteiger partial charge in [-0.2, -0.15) is 0 Å². The van der Waals surface area contributed by atoms with Crippen molar-refractivity contribution in [3.8, 4) is 0 Å². The Balaban J connectivity index is 1.87. The summed E-state index contributed by atoms with van der Waals surface area (Å²) in [6, 6.07) is 3.96. The molecule has 0 radical (unpaired) electrons. The maximum Gasteiger partial charge on any atom is 0.191 e. The van der Waals surface area contributed by atoms with Crippen LogP contribution in [0.2, 0.25) is 0 Å². The van der Waals surface area contributed by atoms with Crippen LogP contribution in [-0.4, -0.2) is 21.2 Å². The van der Waals surface area contributed by atoms with Gasteiger partial charge in [0.25, 0.3) is 0 Å². The van der Waals surface area contributed by atoms with E-state index in [4.69, 9.17) is 5.73 Å². The highest BCUT2D eigenvalue weighted by molar-refractivity contribution is 7.99. The number of aromatic nitrogens is 3. The summed E-state index contributed by atoms with van der Waals surface area (Å²) < 4.78 is 1.23. The molecule has 0 aromatic carbocycles. The number of anilines is 1. The number of nitrogen functional groups attached to an aromatic ring is 1. The lowest BCUT2D eigenvalue weighted by atomic mass is 10.2. The average molecular weight is 349 g/mol. The van der Waals surface area contributed by atoms with E-state index >= 15 is 0 Å². The molecule has 3 aromatic heterocycles. The molecule has 22 heavy (non-hydrogen) atoms. The van der Waals surface area contributed by atoms with Crippen molar-refractivity contribution in [1.29, 1.82) is 0 Å². The van der Waals surface area contributed by atoms with Crippen LogP contribution in [0.3, 0.4) is 0 Å². The monoisotopic (exact) mass is 348 g/mol. The number of pyridine rings is 1. The second-order valence-electron chi connectivity index (χ2n) is 4.90. The van der Waals surface area contributed by atoms with Crippen molar-refractivity contribution >= 4 is 50.8 Å². The minimum Gasteiger partial charge on any atom is -0.384 e. The molecule has 3 heterocycles. The fourth-order valence-electron chi connectivity index (χ4n) is 2.10. The molecule has 0 bridgehead atoms. The lowest BCUT2D eigenvalue weighted by molar-refractivity contribution is 0.888. The van der Waals surface area contributed by atoms with E-state index in [0.29, 0.717) is 11.0 Å². The number of rotatable bonds is 4. The quantitative estimate of drug-likeness (QED) is 0.424. The Morgan fingerprint density at radius 1 is 1.27 bits per heavy atom. The first kappa shape index (κ1) is 15.6. The SMILES string of the molecule is CSc1cc(N)nc(SC(C)c2cc3c(C)csc3cn2)n1. The Morgan fingerprint density at radius 3 is 2.86 bits per heavy atom. The van der Waals surface area contributed by atoms with Crippen LogP contribution < -0.4 is 5.73 Å². The van der Waals surface area contributed by atoms with Crippen molar-refractivity contribution < 1.29 is 0 Å². The third kappa shape index (κ3) is 3.21. The zero-order chi connectivity index (χ0) is 15.7. The predicted octanol–water partition coefficient (Wildman–Crippen LogP) is 4.55. The number of thioether (sulfide) groups is 2. The van der Waals surface area contributed by atoms with Crippen molar-refractivity contribution in [3.05, 3.63) is 35.0 Å². The van der Waals surface area contributed by atoms with Crippen LogP contribution in [0.5, 0.6) is 0 Å². The number of fused-ring (bicyclic) bond motifs is 1. The smallest absolute Gasteiger partial charge is 0.191 e. The molecule has 0 aliphatic rings. The molecule has 0 fully saturated rings. The number of hydrogen-bond donors (Lipinski definition) is 1. The normalized spacial score (nSPS) is 12.7. The maximum absolute atomic E-state index is 5.84. The topological polar surface area (TPSA) is 64.7 Å². The van der Waals surface area contributed by atoms with Gasteiger partial charge in [0.1, 0.15) is 10.8 Å². The largest absolute Gasteiger partial charge is 0.384 e. The van der Waals surface area contributed by atoms with Gasteiger partial charge in [-0.25, -0.2) is 9.97 Å². The Hall–Kier alpha value is -1.31. The van der Waals surface area contributed by atoms with E-state index in [-0.39, 0.29) is 5.25 Å². The van der Waals surface area contributed by atoms with Crippen LogP contribution in [0.1, 0.15) is 23.4 Å². The molecule has 1 unspecified atom stereocenters. The van der Waals surface area contributed by atoms with Crippen LogP contribution in [0, 0.1) is 6.92 Å². The predicted molar refractivity (Wildman–Crippen MR) is 96.9 cm³/mol. The fraction of sp³-hybridized carbons (Fsp3) is 0.267. The lowest BCUT2D eigenvalue weighted by Crippen LogP contribution is -1.99. The van der Waals surface area contributed by atoms with Gasteiger partial charge in [-0.05, 0) is 42.5 Å². The molecule has 3 rings (SSSR count).